The van der Waals surface area contributed by atoms with E-state index in [2.05, 4.69) is 26.3 Å². The van der Waals surface area contributed by atoms with Gasteiger partial charge in [0, 0.05) is 24.3 Å². The lowest BCUT2D eigenvalue weighted by molar-refractivity contribution is 0.0785. The molecule has 3 N–H and O–H groups in total. The van der Waals surface area contributed by atoms with Crippen LogP contribution >= 0.6 is 15.9 Å². The van der Waals surface area contributed by atoms with E-state index in [1.165, 1.54) is 0 Å². The molecule has 0 fully saturated rings. The minimum Gasteiger partial charge on any atom is -0.337 e. The lowest BCUT2D eigenvalue weighted by Crippen LogP contribution is -2.28. The highest BCUT2D eigenvalue weighted by Gasteiger charge is 2.17. The minimum atomic E-state index is -0.143. The summed E-state index contributed by atoms with van der Waals surface area (Å²) in [4.78, 5) is 18.2. The summed E-state index contributed by atoms with van der Waals surface area (Å²) >= 11 is 3.31. The number of carbonyl (C=O) groups excluding carboxylic acids is 1. The van der Waals surface area contributed by atoms with E-state index in [9.17, 15) is 4.79 Å². The van der Waals surface area contributed by atoms with Gasteiger partial charge in [0.15, 0.2) is 5.82 Å². The van der Waals surface area contributed by atoms with Crippen molar-refractivity contribution in [1.29, 1.82) is 0 Å². The van der Waals surface area contributed by atoms with Gasteiger partial charge < -0.3 is 10.3 Å². The Morgan fingerprint density at radius 2 is 2.10 bits per heavy atom. The van der Waals surface area contributed by atoms with E-state index in [4.69, 9.17) is 5.84 Å². The number of nitrogens with two attached hydrogens (primary N) is 1. The molecular formula is C14H15BrN4O. The quantitative estimate of drug-likeness (QED) is 0.665. The van der Waals surface area contributed by atoms with Crippen molar-refractivity contribution in [2.24, 2.45) is 5.84 Å². The molecule has 0 saturated carbocycles. The SMILES string of the molecule is CN(Cc1ccccc1)C(=O)c1cc(Br)cnc1NN. The minimum absolute atomic E-state index is 0.143. The van der Waals surface area contributed by atoms with Crippen LogP contribution in [0.5, 0.6) is 0 Å². The number of hydrazine groups is 1. The fourth-order valence-electron chi connectivity index (χ4n) is 1.85. The molecule has 1 aromatic carbocycles. The third kappa shape index (κ3) is 3.34. The highest BCUT2D eigenvalue weighted by atomic mass is 79.9. The Kier molecular flexibility index (Phi) is 4.70. The smallest absolute Gasteiger partial charge is 0.257 e. The van der Waals surface area contributed by atoms with Crippen molar-refractivity contribution in [2.75, 3.05) is 12.5 Å². The number of rotatable bonds is 4. The number of nitrogens with zero attached hydrogens (tertiary/aromatic N) is 2. The van der Waals surface area contributed by atoms with Crippen molar-refractivity contribution in [3.8, 4) is 0 Å². The molecule has 0 bridgehead atoms. The molecule has 0 atom stereocenters. The molecule has 0 spiro atoms. The Labute approximate surface area is 125 Å². The molecule has 0 radical (unpaired) electrons. The molecule has 0 aliphatic carbocycles. The summed E-state index contributed by atoms with van der Waals surface area (Å²) in [7, 11) is 1.75. The number of pyridine rings is 1. The maximum Gasteiger partial charge on any atom is 0.257 e. The number of anilines is 1. The predicted octanol–water partition coefficient (Wildman–Crippen LogP) is 2.40. The number of hydrogen-bond donors (Lipinski definition) is 2. The molecule has 0 saturated heterocycles. The van der Waals surface area contributed by atoms with Crippen LogP contribution in [0.2, 0.25) is 0 Å². The summed E-state index contributed by atoms with van der Waals surface area (Å²) in [6.45, 7) is 0.524. The van der Waals surface area contributed by atoms with Gasteiger partial charge in [-0.1, -0.05) is 30.3 Å². The lowest BCUT2D eigenvalue weighted by Gasteiger charge is -2.18. The first-order chi connectivity index (χ1) is 9.61. The van der Waals surface area contributed by atoms with Gasteiger partial charge in [0.1, 0.15) is 0 Å². The summed E-state index contributed by atoms with van der Waals surface area (Å²) in [5.74, 6) is 5.61. The summed E-state index contributed by atoms with van der Waals surface area (Å²) < 4.78 is 0.730. The topological polar surface area (TPSA) is 71.2 Å². The van der Waals surface area contributed by atoms with Gasteiger partial charge in [-0.25, -0.2) is 10.8 Å². The van der Waals surface area contributed by atoms with Gasteiger partial charge >= 0.3 is 0 Å². The number of nitrogen functional groups attached to an aromatic ring is 1. The zero-order valence-corrected chi connectivity index (χ0v) is 12.6. The highest BCUT2D eigenvalue weighted by Crippen LogP contribution is 2.19. The van der Waals surface area contributed by atoms with Gasteiger partial charge in [0.05, 0.1) is 5.56 Å². The molecule has 104 valence electrons. The molecule has 1 aromatic heterocycles. The molecule has 0 aliphatic rings. The average Bonchev–Trinajstić information content (AvgIpc) is 2.47. The van der Waals surface area contributed by atoms with Crippen molar-refractivity contribution in [1.82, 2.24) is 9.88 Å². The average molecular weight is 335 g/mol. The van der Waals surface area contributed by atoms with Crippen LogP contribution in [0.1, 0.15) is 15.9 Å². The zero-order valence-electron chi connectivity index (χ0n) is 11.0. The van der Waals surface area contributed by atoms with Crippen molar-refractivity contribution < 1.29 is 4.79 Å². The Morgan fingerprint density at radius 1 is 1.40 bits per heavy atom. The van der Waals surface area contributed by atoms with E-state index in [0.29, 0.717) is 17.9 Å². The van der Waals surface area contributed by atoms with E-state index in [1.54, 1.807) is 24.2 Å². The van der Waals surface area contributed by atoms with Crippen LogP contribution < -0.4 is 11.3 Å². The van der Waals surface area contributed by atoms with E-state index in [0.717, 1.165) is 10.0 Å². The molecule has 0 aliphatic heterocycles. The highest BCUT2D eigenvalue weighted by molar-refractivity contribution is 9.10. The molecule has 6 heteroatoms. The second-order valence-corrected chi connectivity index (χ2v) is 5.26. The van der Waals surface area contributed by atoms with E-state index in [-0.39, 0.29) is 5.91 Å². The first kappa shape index (κ1) is 14.5. The van der Waals surface area contributed by atoms with Crippen molar-refractivity contribution in [2.45, 2.75) is 6.54 Å². The molecule has 2 rings (SSSR count). The van der Waals surface area contributed by atoms with Crippen LogP contribution in [-0.2, 0) is 6.54 Å². The van der Waals surface area contributed by atoms with Crippen LogP contribution in [-0.4, -0.2) is 22.8 Å². The van der Waals surface area contributed by atoms with E-state index in [1.807, 2.05) is 30.3 Å². The van der Waals surface area contributed by atoms with Crippen LogP contribution in [0, 0.1) is 0 Å². The maximum absolute atomic E-state index is 12.5. The number of carbonyl (C=O) groups is 1. The molecule has 5 nitrogen and oxygen atoms in total. The summed E-state index contributed by atoms with van der Waals surface area (Å²) in [5.41, 5.74) is 3.94. The lowest BCUT2D eigenvalue weighted by atomic mass is 10.2. The number of halogens is 1. The molecule has 1 amide bonds. The Hall–Kier alpha value is -1.92. The first-order valence-electron chi connectivity index (χ1n) is 6.03. The standard InChI is InChI=1S/C14H15BrN4O/c1-19(9-10-5-3-2-4-6-10)14(20)12-7-11(15)8-17-13(12)18-16/h2-8H,9,16H2,1H3,(H,17,18). The van der Waals surface area contributed by atoms with Crippen molar-refractivity contribution in [3.05, 3.63) is 58.2 Å². The Balaban J connectivity index is 2.20. The molecule has 2 aromatic rings. The van der Waals surface area contributed by atoms with Gasteiger partial charge in [-0.2, -0.15) is 0 Å². The third-order valence-corrected chi connectivity index (χ3v) is 3.26. The largest absolute Gasteiger partial charge is 0.337 e. The Bertz CT molecular complexity index is 603. The number of benzene rings is 1. The third-order valence-electron chi connectivity index (χ3n) is 2.83. The predicted molar refractivity (Wildman–Crippen MR) is 82.0 cm³/mol. The molecule has 1 heterocycles. The normalized spacial score (nSPS) is 10.2. The molecular weight excluding hydrogens is 320 g/mol. The van der Waals surface area contributed by atoms with Crippen molar-refractivity contribution in [3.63, 3.8) is 0 Å². The molecule has 0 unspecified atom stereocenters. The van der Waals surface area contributed by atoms with Gasteiger partial charge in [0.25, 0.3) is 5.91 Å². The monoisotopic (exact) mass is 334 g/mol. The van der Waals surface area contributed by atoms with Gasteiger partial charge in [0.2, 0.25) is 0 Å². The summed E-state index contributed by atoms with van der Waals surface area (Å²) in [6.07, 6.45) is 1.59. The summed E-state index contributed by atoms with van der Waals surface area (Å²) in [6, 6.07) is 11.5. The van der Waals surface area contributed by atoms with E-state index < -0.39 is 0 Å². The summed E-state index contributed by atoms with van der Waals surface area (Å²) in [5, 5.41) is 0. The maximum atomic E-state index is 12.5. The molecule has 20 heavy (non-hydrogen) atoms. The number of hydrogen-bond acceptors (Lipinski definition) is 4. The first-order valence-corrected chi connectivity index (χ1v) is 6.82. The zero-order chi connectivity index (χ0) is 14.5. The second kappa shape index (κ2) is 6.49. The van der Waals surface area contributed by atoms with Crippen LogP contribution in [0.15, 0.2) is 47.1 Å². The van der Waals surface area contributed by atoms with Crippen LogP contribution in [0.3, 0.4) is 0 Å². The van der Waals surface area contributed by atoms with Gasteiger partial charge in [-0.3, -0.25) is 4.79 Å². The number of amides is 1. The van der Waals surface area contributed by atoms with Crippen LogP contribution in [0.25, 0.3) is 0 Å². The Morgan fingerprint density at radius 3 is 2.75 bits per heavy atom. The fraction of sp³-hybridized carbons (Fsp3) is 0.143. The number of nitrogens with one attached hydrogen (secondary N) is 1. The van der Waals surface area contributed by atoms with Gasteiger partial charge in [-0.05, 0) is 27.6 Å². The second-order valence-electron chi connectivity index (χ2n) is 4.34. The van der Waals surface area contributed by atoms with E-state index >= 15 is 0 Å². The van der Waals surface area contributed by atoms with Gasteiger partial charge in [-0.15, -0.1) is 0 Å². The van der Waals surface area contributed by atoms with Crippen molar-refractivity contribution >= 4 is 27.7 Å². The number of aromatic nitrogens is 1. The van der Waals surface area contributed by atoms with Crippen LogP contribution in [0.4, 0.5) is 5.82 Å². The fourth-order valence-corrected chi connectivity index (χ4v) is 2.18.